The van der Waals surface area contributed by atoms with Crippen LogP contribution in [0.3, 0.4) is 0 Å². The highest BCUT2D eigenvalue weighted by Gasteiger charge is 2.39. The molecule has 1 aliphatic heterocycles. The van der Waals surface area contributed by atoms with Crippen molar-refractivity contribution in [2.75, 3.05) is 32.2 Å². The van der Waals surface area contributed by atoms with Gasteiger partial charge in [0.25, 0.3) is 11.8 Å². The number of hydrogen-bond donors (Lipinski definition) is 1. The molecule has 3 rings (SSSR count). The monoisotopic (exact) mass is 458 g/mol. The van der Waals surface area contributed by atoms with Crippen LogP contribution in [0.4, 0.5) is 5.69 Å². The quantitative estimate of drug-likeness (QED) is 0.533. The number of imide groups is 1. The molecule has 0 saturated heterocycles. The van der Waals surface area contributed by atoms with Crippen molar-refractivity contribution in [1.29, 1.82) is 0 Å². The van der Waals surface area contributed by atoms with Crippen molar-refractivity contribution in [1.82, 2.24) is 4.90 Å². The molecule has 0 bridgehead atoms. The van der Waals surface area contributed by atoms with Gasteiger partial charge in [-0.3, -0.25) is 14.5 Å². The number of methoxy groups -OCH3 is 1. The van der Waals surface area contributed by atoms with Gasteiger partial charge >= 0.3 is 0 Å². The Bertz CT molecular complexity index is 1020. The summed E-state index contributed by atoms with van der Waals surface area (Å²) in [5, 5.41) is 3.47. The Morgan fingerprint density at radius 1 is 1.06 bits per heavy atom. The van der Waals surface area contributed by atoms with Crippen molar-refractivity contribution in [2.45, 2.75) is 26.9 Å². The molecule has 0 fully saturated rings. The molecule has 1 aliphatic rings. The molecule has 0 atom stereocenters. The topological polar surface area (TPSA) is 77.1 Å². The molecule has 0 radical (unpaired) electrons. The first-order chi connectivity index (χ1) is 15.3. The van der Waals surface area contributed by atoms with Gasteiger partial charge in [0.2, 0.25) is 0 Å². The Morgan fingerprint density at radius 2 is 1.78 bits per heavy atom. The molecule has 0 unspecified atom stereocenters. The number of benzene rings is 2. The summed E-state index contributed by atoms with van der Waals surface area (Å²) in [4.78, 5) is 27.6. The molecule has 7 nitrogen and oxygen atoms in total. The number of rotatable bonds is 10. The lowest BCUT2D eigenvalue weighted by molar-refractivity contribution is -0.137. The van der Waals surface area contributed by atoms with Crippen molar-refractivity contribution < 1.29 is 23.8 Å². The minimum atomic E-state index is -0.418. The lowest BCUT2D eigenvalue weighted by Crippen LogP contribution is -2.35. The van der Waals surface area contributed by atoms with E-state index in [-0.39, 0.29) is 36.4 Å². The van der Waals surface area contributed by atoms with Crippen LogP contribution in [0.5, 0.6) is 11.5 Å². The molecule has 1 heterocycles. The van der Waals surface area contributed by atoms with E-state index in [1.165, 1.54) is 12.0 Å². The molecule has 1 N–H and O–H groups in total. The van der Waals surface area contributed by atoms with E-state index in [0.29, 0.717) is 34.4 Å². The van der Waals surface area contributed by atoms with Gasteiger partial charge in [-0.05, 0) is 56.7 Å². The highest BCUT2D eigenvalue weighted by molar-refractivity contribution is 6.36. The Labute approximate surface area is 192 Å². The fourth-order valence-electron chi connectivity index (χ4n) is 3.32. The number of nitrogens with zero attached hydrogens (tertiary/aromatic N) is 1. The number of carbonyl (C=O) groups excluding carboxylic acids is 2. The number of ether oxygens (including phenoxy) is 3. The maximum absolute atomic E-state index is 13.2. The number of anilines is 1. The maximum Gasteiger partial charge on any atom is 0.278 e. The third-order valence-electron chi connectivity index (χ3n) is 4.81. The molecule has 0 aromatic heterocycles. The summed E-state index contributed by atoms with van der Waals surface area (Å²) in [7, 11) is 1.52. The molecule has 0 aliphatic carbocycles. The number of amides is 2. The molecular formula is C24H27ClN2O5. The molecule has 2 aromatic rings. The largest absolute Gasteiger partial charge is 0.495 e. The highest BCUT2D eigenvalue weighted by Crippen LogP contribution is 2.33. The van der Waals surface area contributed by atoms with Gasteiger partial charge in [0, 0.05) is 5.69 Å². The number of hydrogen-bond acceptors (Lipinski definition) is 6. The van der Waals surface area contributed by atoms with Crippen molar-refractivity contribution >= 4 is 34.7 Å². The van der Waals surface area contributed by atoms with Crippen molar-refractivity contribution in [2.24, 2.45) is 0 Å². The SMILES string of the molecule is CCOc1ccc(C2=C(Nc3ccc(OC)c(Cl)c3)C(=O)N(CCOC(C)C)C2=O)cc1. The first-order valence-corrected chi connectivity index (χ1v) is 10.8. The van der Waals surface area contributed by atoms with Gasteiger partial charge in [-0.25, -0.2) is 0 Å². The number of nitrogens with one attached hydrogen (secondary N) is 1. The van der Waals surface area contributed by atoms with Crippen molar-refractivity contribution in [3.8, 4) is 11.5 Å². The van der Waals surface area contributed by atoms with Crippen LogP contribution in [0.25, 0.3) is 5.57 Å². The molecular weight excluding hydrogens is 432 g/mol. The van der Waals surface area contributed by atoms with Crippen molar-refractivity contribution in [3.05, 3.63) is 58.7 Å². The van der Waals surface area contributed by atoms with Crippen molar-refractivity contribution in [3.63, 3.8) is 0 Å². The van der Waals surface area contributed by atoms with Crippen LogP contribution in [0.2, 0.25) is 5.02 Å². The first kappa shape index (κ1) is 23.6. The number of halogens is 1. The summed E-state index contributed by atoms with van der Waals surface area (Å²) in [5.41, 5.74) is 1.65. The fraction of sp³-hybridized carbons (Fsp3) is 0.333. The standard InChI is InChI=1S/C24H27ClN2O5/c1-5-31-18-9-6-16(7-10-18)21-22(26-17-8-11-20(30-4)19(25)14-17)24(29)27(23(21)28)12-13-32-15(2)3/h6-11,14-15,26H,5,12-13H2,1-4H3. The third-order valence-corrected chi connectivity index (χ3v) is 5.10. The lowest BCUT2D eigenvalue weighted by Gasteiger charge is -2.16. The average molecular weight is 459 g/mol. The van der Waals surface area contributed by atoms with E-state index < -0.39 is 5.91 Å². The van der Waals surface area contributed by atoms with E-state index in [1.54, 1.807) is 42.5 Å². The predicted octanol–water partition coefficient (Wildman–Crippen LogP) is 4.36. The second-order valence-corrected chi connectivity index (χ2v) is 7.77. The van der Waals surface area contributed by atoms with Crippen LogP contribution >= 0.6 is 11.6 Å². The minimum absolute atomic E-state index is 0.000355. The van der Waals surface area contributed by atoms with Crippen LogP contribution in [0, 0.1) is 0 Å². The van der Waals surface area contributed by atoms with E-state index >= 15 is 0 Å². The van der Waals surface area contributed by atoms with E-state index in [4.69, 9.17) is 25.8 Å². The molecule has 0 saturated carbocycles. The van der Waals surface area contributed by atoms with Crippen LogP contribution in [-0.2, 0) is 14.3 Å². The van der Waals surface area contributed by atoms with E-state index in [0.717, 1.165) is 0 Å². The molecule has 32 heavy (non-hydrogen) atoms. The second-order valence-electron chi connectivity index (χ2n) is 7.36. The van der Waals surface area contributed by atoms with E-state index in [2.05, 4.69) is 5.32 Å². The van der Waals surface area contributed by atoms with Crippen LogP contribution in [0.15, 0.2) is 48.2 Å². The van der Waals surface area contributed by atoms with Gasteiger partial charge < -0.3 is 19.5 Å². The number of carbonyl (C=O) groups is 2. The minimum Gasteiger partial charge on any atom is -0.495 e. The Morgan fingerprint density at radius 3 is 2.38 bits per heavy atom. The van der Waals surface area contributed by atoms with Crippen LogP contribution < -0.4 is 14.8 Å². The Kier molecular flexibility index (Phi) is 7.77. The molecule has 170 valence electrons. The average Bonchev–Trinajstić information content (AvgIpc) is 2.99. The maximum atomic E-state index is 13.2. The summed E-state index contributed by atoms with van der Waals surface area (Å²) < 4.78 is 16.2. The van der Waals surface area contributed by atoms with Crippen LogP contribution in [-0.4, -0.2) is 49.7 Å². The van der Waals surface area contributed by atoms with Gasteiger partial charge in [-0.15, -0.1) is 0 Å². The highest BCUT2D eigenvalue weighted by atomic mass is 35.5. The van der Waals surface area contributed by atoms with Gasteiger partial charge in [-0.1, -0.05) is 23.7 Å². The zero-order valence-corrected chi connectivity index (χ0v) is 19.4. The fourth-order valence-corrected chi connectivity index (χ4v) is 3.57. The van der Waals surface area contributed by atoms with Gasteiger partial charge in [0.1, 0.15) is 17.2 Å². The smallest absolute Gasteiger partial charge is 0.278 e. The lowest BCUT2D eigenvalue weighted by atomic mass is 10.0. The summed E-state index contributed by atoms with van der Waals surface area (Å²) in [6.07, 6.45) is 0.000355. The van der Waals surface area contributed by atoms with E-state index in [9.17, 15) is 9.59 Å². The summed E-state index contributed by atoms with van der Waals surface area (Å²) in [6.45, 7) is 6.65. The van der Waals surface area contributed by atoms with Crippen LogP contribution in [0.1, 0.15) is 26.3 Å². The summed E-state index contributed by atoms with van der Waals surface area (Å²) in [6, 6.07) is 12.1. The van der Waals surface area contributed by atoms with Gasteiger partial charge in [0.05, 0.1) is 43.6 Å². The normalized spacial score (nSPS) is 13.9. The molecule has 0 spiro atoms. The third kappa shape index (κ3) is 5.23. The molecule has 8 heteroatoms. The zero-order valence-electron chi connectivity index (χ0n) is 18.6. The van der Waals surface area contributed by atoms with E-state index in [1.807, 2.05) is 20.8 Å². The summed E-state index contributed by atoms with van der Waals surface area (Å²) in [5.74, 6) is 0.401. The predicted molar refractivity (Wildman–Crippen MR) is 124 cm³/mol. The van der Waals surface area contributed by atoms with Gasteiger partial charge in [0.15, 0.2) is 0 Å². The molecule has 2 amide bonds. The van der Waals surface area contributed by atoms with Gasteiger partial charge in [-0.2, -0.15) is 0 Å². The Balaban J connectivity index is 1.96. The second kappa shape index (κ2) is 10.5. The first-order valence-electron chi connectivity index (χ1n) is 10.4. The zero-order chi connectivity index (χ0) is 23.3. The molecule has 2 aromatic carbocycles. The Hall–Kier alpha value is -3.03. The summed E-state index contributed by atoms with van der Waals surface area (Å²) >= 11 is 6.23.